The maximum Gasteiger partial charge on any atom is 0.164 e. The second kappa shape index (κ2) is 7.13. The number of aliphatic imine (C=N–C) groups is 1. The zero-order chi connectivity index (χ0) is 19.0. The van der Waals surface area contributed by atoms with Crippen molar-refractivity contribution in [3.05, 3.63) is 65.7 Å². The SMILES string of the molecule is CC(=O)c1cccc(N2C(SCc3ccccc3)=N[C@H]3CS(=O)(=O)C[C@@H]32)c1. The monoisotopic (exact) mass is 400 g/mol. The molecule has 0 aliphatic carbocycles. The van der Waals surface area contributed by atoms with E-state index in [9.17, 15) is 13.2 Å². The third-order valence-corrected chi connectivity index (χ3v) is 7.59. The van der Waals surface area contributed by atoms with Crippen molar-refractivity contribution in [2.45, 2.75) is 24.8 Å². The molecule has 0 spiro atoms. The Kier molecular flexibility index (Phi) is 4.82. The molecule has 2 heterocycles. The van der Waals surface area contributed by atoms with Crippen molar-refractivity contribution < 1.29 is 13.2 Å². The molecule has 2 aliphatic heterocycles. The highest BCUT2D eigenvalue weighted by Gasteiger charge is 2.47. The Morgan fingerprint density at radius 2 is 1.93 bits per heavy atom. The van der Waals surface area contributed by atoms with E-state index in [1.807, 2.05) is 41.3 Å². The van der Waals surface area contributed by atoms with Crippen molar-refractivity contribution in [3.63, 3.8) is 0 Å². The quantitative estimate of drug-likeness (QED) is 0.738. The van der Waals surface area contributed by atoms with Gasteiger partial charge in [-0.3, -0.25) is 9.79 Å². The summed E-state index contributed by atoms with van der Waals surface area (Å²) in [7, 11) is -3.09. The highest BCUT2D eigenvalue weighted by Crippen LogP contribution is 2.36. The third-order valence-electron chi connectivity index (χ3n) is 4.85. The number of rotatable bonds is 4. The highest BCUT2D eigenvalue weighted by molar-refractivity contribution is 8.13. The summed E-state index contributed by atoms with van der Waals surface area (Å²) in [4.78, 5) is 18.5. The molecule has 2 atom stereocenters. The number of fused-ring (bicyclic) bond motifs is 1. The van der Waals surface area contributed by atoms with Gasteiger partial charge in [0.2, 0.25) is 0 Å². The van der Waals surface area contributed by atoms with Crippen LogP contribution in [0.1, 0.15) is 22.8 Å². The average Bonchev–Trinajstić information content (AvgIpc) is 3.12. The molecule has 0 aromatic heterocycles. The van der Waals surface area contributed by atoms with Crippen LogP contribution in [0.4, 0.5) is 5.69 Å². The van der Waals surface area contributed by atoms with E-state index in [-0.39, 0.29) is 29.4 Å². The maximum atomic E-state index is 12.1. The van der Waals surface area contributed by atoms with Gasteiger partial charge in [0, 0.05) is 17.0 Å². The number of ketones is 1. The van der Waals surface area contributed by atoms with Crippen molar-refractivity contribution >= 4 is 38.2 Å². The molecular weight excluding hydrogens is 380 g/mol. The number of amidine groups is 1. The predicted molar refractivity (Wildman–Crippen MR) is 110 cm³/mol. The Bertz CT molecular complexity index is 1000. The van der Waals surface area contributed by atoms with Gasteiger partial charge in [-0.15, -0.1) is 0 Å². The van der Waals surface area contributed by atoms with E-state index in [0.717, 1.165) is 16.6 Å². The summed E-state index contributed by atoms with van der Waals surface area (Å²) in [5.74, 6) is 0.938. The first-order valence-electron chi connectivity index (χ1n) is 8.78. The van der Waals surface area contributed by atoms with Crippen LogP contribution in [0.3, 0.4) is 0 Å². The zero-order valence-corrected chi connectivity index (χ0v) is 16.5. The fourth-order valence-corrected chi connectivity index (χ4v) is 6.45. The summed E-state index contributed by atoms with van der Waals surface area (Å²) >= 11 is 1.61. The lowest BCUT2D eigenvalue weighted by molar-refractivity contribution is 0.101. The molecule has 0 N–H and O–H groups in total. The average molecular weight is 401 g/mol. The molecule has 5 nitrogen and oxygen atoms in total. The molecule has 0 radical (unpaired) electrons. The van der Waals surface area contributed by atoms with Crippen LogP contribution in [0.5, 0.6) is 0 Å². The normalized spacial score (nSPS) is 23.1. The van der Waals surface area contributed by atoms with Gasteiger partial charge in [0.25, 0.3) is 0 Å². The van der Waals surface area contributed by atoms with Crippen molar-refractivity contribution in [1.29, 1.82) is 0 Å². The maximum absolute atomic E-state index is 12.1. The van der Waals surface area contributed by atoms with E-state index in [1.54, 1.807) is 17.8 Å². The molecule has 7 heteroatoms. The van der Waals surface area contributed by atoms with Crippen molar-refractivity contribution in [2.75, 3.05) is 16.4 Å². The van der Waals surface area contributed by atoms with Gasteiger partial charge in [0.1, 0.15) is 0 Å². The first kappa shape index (κ1) is 18.3. The fraction of sp³-hybridized carbons (Fsp3) is 0.300. The molecule has 2 aromatic carbocycles. The second-order valence-corrected chi connectivity index (χ2v) is 9.97. The van der Waals surface area contributed by atoms with E-state index >= 15 is 0 Å². The predicted octanol–water partition coefficient (Wildman–Crippen LogP) is 3.16. The first-order valence-corrected chi connectivity index (χ1v) is 11.6. The third kappa shape index (κ3) is 3.80. The standard InChI is InChI=1S/C20H20N2O3S2/c1-14(23)16-8-5-9-17(10-16)22-19-13-27(24,25)12-18(19)21-20(22)26-11-15-6-3-2-4-7-15/h2-10,18-19H,11-13H2,1H3/t18-,19-/m0/s1. The Labute approximate surface area is 163 Å². The molecule has 2 aromatic rings. The number of benzene rings is 2. The number of hydrogen-bond donors (Lipinski definition) is 0. The number of sulfone groups is 1. The number of thioether (sulfide) groups is 1. The molecule has 140 valence electrons. The molecule has 4 rings (SSSR count). The largest absolute Gasteiger partial charge is 0.315 e. The van der Waals surface area contributed by atoms with Crippen molar-refractivity contribution in [2.24, 2.45) is 4.99 Å². The minimum Gasteiger partial charge on any atom is -0.315 e. The van der Waals surface area contributed by atoms with Gasteiger partial charge >= 0.3 is 0 Å². The van der Waals surface area contributed by atoms with Crippen LogP contribution in [0.25, 0.3) is 0 Å². The van der Waals surface area contributed by atoms with E-state index in [4.69, 9.17) is 4.99 Å². The molecule has 27 heavy (non-hydrogen) atoms. The lowest BCUT2D eigenvalue weighted by Crippen LogP contribution is -2.39. The lowest BCUT2D eigenvalue weighted by Gasteiger charge is -2.26. The van der Waals surface area contributed by atoms with Crippen molar-refractivity contribution in [1.82, 2.24) is 0 Å². The Morgan fingerprint density at radius 3 is 2.67 bits per heavy atom. The number of carbonyl (C=O) groups excluding carboxylic acids is 1. The molecule has 0 amide bonds. The number of anilines is 1. The van der Waals surface area contributed by atoms with Gasteiger partial charge in [-0.05, 0) is 24.6 Å². The number of hydrogen-bond acceptors (Lipinski definition) is 6. The van der Waals surface area contributed by atoms with E-state index in [0.29, 0.717) is 5.56 Å². The molecule has 1 fully saturated rings. The lowest BCUT2D eigenvalue weighted by atomic mass is 10.1. The van der Waals surface area contributed by atoms with Gasteiger partial charge in [-0.1, -0.05) is 54.2 Å². The molecule has 0 bridgehead atoms. The topological polar surface area (TPSA) is 66.8 Å². The van der Waals surface area contributed by atoms with E-state index in [2.05, 4.69) is 12.1 Å². The van der Waals surface area contributed by atoms with Gasteiger partial charge in [0.05, 0.1) is 23.6 Å². The van der Waals surface area contributed by atoms with E-state index < -0.39 is 9.84 Å². The summed E-state index contributed by atoms with van der Waals surface area (Å²) in [6.45, 7) is 1.53. The van der Waals surface area contributed by atoms with Crippen LogP contribution in [0.2, 0.25) is 0 Å². The molecule has 2 aliphatic rings. The first-order chi connectivity index (χ1) is 12.9. The molecule has 0 saturated carbocycles. The highest BCUT2D eigenvalue weighted by atomic mass is 32.2. The summed E-state index contributed by atoms with van der Waals surface area (Å²) in [6.07, 6.45) is 0. The Hall–Kier alpha value is -2.12. The minimum atomic E-state index is -3.09. The number of carbonyl (C=O) groups is 1. The zero-order valence-electron chi connectivity index (χ0n) is 14.9. The van der Waals surface area contributed by atoms with E-state index in [1.165, 1.54) is 12.5 Å². The molecule has 1 saturated heterocycles. The number of nitrogens with zero attached hydrogens (tertiary/aromatic N) is 2. The van der Waals surface area contributed by atoms with Crippen LogP contribution < -0.4 is 4.90 Å². The van der Waals surface area contributed by atoms with Crippen LogP contribution in [-0.2, 0) is 15.6 Å². The fourth-order valence-electron chi connectivity index (χ4n) is 3.53. The van der Waals surface area contributed by atoms with Gasteiger partial charge in [-0.25, -0.2) is 8.42 Å². The smallest absolute Gasteiger partial charge is 0.164 e. The van der Waals surface area contributed by atoms with Gasteiger partial charge < -0.3 is 4.90 Å². The number of Topliss-reactive ketones (excluding diaryl/α,β-unsaturated/α-hetero) is 1. The second-order valence-electron chi connectivity index (χ2n) is 6.87. The Morgan fingerprint density at radius 1 is 1.15 bits per heavy atom. The molecular formula is C20H20N2O3S2. The van der Waals surface area contributed by atoms with Crippen molar-refractivity contribution in [3.8, 4) is 0 Å². The van der Waals surface area contributed by atoms with Gasteiger partial charge in [-0.2, -0.15) is 0 Å². The van der Waals surface area contributed by atoms with Crippen LogP contribution >= 0.6 is 11.8 Å². The summed E-state index contributed by atoms with van der Waals surface area (Å²) in [5.41, 5.74) is 2.63. The molecule has 0 unspecified atom stereocenters. The van der Waals surface area contributed by atoms with Crippen LogP contribution in [0, 0.1) is 0 Å². The Balaban J connectivity index is 1.65. The summed E-state index contributed by atoms with van der Waals surface area (Å²) in [6, 6.07) is 17.0. The summed E-state index contributed by atoms with van der Waals surface area (Å²) in [5, 5.41) is 0.824. The van der Waals surface area contributed by atoms with Gasteiger partial charge in [0.15, 0.2) is 20.8 Å². The van der Waals surface area contributed by atoms with Crippen LogP contribution in [0.15, 0.2) is 59.6 Å². The van der Waals surface area contributed by atoms with Crippen LogP contribution in [-0.4, -0.2) is 43.0 Å². The summed E-state index contributed by atoms with van der Waals surface area (Å²) < 4.78 is 24.3. The minimum absolute atomic E-state index is 0.0120.